The Morgan fingerprint density at radius 2 is 1.10 bits per heavy atom. The Morgan fingerprint density at radius 1 is 0.659 bits per heavy atom. The van der Waals surface area contributed by atoms with E-state index in [0.717, 1.165) is 48.1 Å². The Hall–Kier alpha value is -3.94. The van der Waals surface area contributed by atoms with Crippen molar-refractivity contribution in [2.24, 2.45) is 0 Å². The summed E-state index contributed by atoms with van der Waals surface area (Å²) in [4.78, 5) is -1.15. The number of hydrogen-bond donors (Lipinski definition) is 1. The minimum absolute atomic E-state index is 0.255. The Morgan fingerprint density at radius 3 is 1.56 bits per heavy atom. The molecule has 0 fully saturated rings. The zero-order valence-corrected chi connectivity index (χ0v) is 23.0. The highest BCUT2D eigenvalue weighted by Gasteiger charge is 2.67. The van der Waals surface area contributed by atoms with Crippen LogP contribution in [0.4, 0.5) is 17.6 Å². The molecular weight excluding hydrogens is 588 g/mol. The quantitative estimate of drug-likeness (QED) is 0.163. The highest BCUT2D eigenvalue weighted by molar-refractivity contribution is 7.91. The number of ether oxygens (including phenoxy) is 2. The van der Waals surface area contributed by atoms with Crippen molar-refractivity contribution in [2.45, 2.75) is 27.9 Å². The van der Waals surface area contributed by atoms with Gasteiger partial charge in [-0.1, -0.05) is 30.3 Å². The number of hydrogen-bond acceptors (Lipinski definition) is 6. The molecule has 4 rings (SSSR count). The number of halogens is 4. The molecule has 0 aliphatic heterocycles. The molecule has 0 radical (unpaired) electrons. The Bertz CT molecular complexity index is 1770. The highest BCUT2D eigenvalue weighted by Crippen LogP contribution is 2.47. The standard InChI is InChI=1S/C28H22F4O7S2/c1-18-3-14-25(17-26(18)27(29,30)28(31,32)41(35,36)37)40(33,34)24-15-12-23(13-16-24)39-22-10-6-20(7-11-22)19-4-8-21(38-2)9-5-19/h3-17H,1-2H3,(H,35,36,37). The van der Waals surface area contributed by atoms with Gasteiger partial charge in [0.2, 0.25) is 9.84 Å². The first-order valence-corrected chi connectivity index (χ1v) is 14.6. The van der Waals surface area contributed by atoms with Gasteiger partial charge in [-0.25, -0.2) is 8.42 Å². The number of aryl methyl sites for hydroxylation is 1. The van der Waals surface area contributed by atoms with Crippen LogP contribution in [0, 0.1) is 6.92 Å². The van der Waals surface area contributed by atoms with E-state index in [0.29, 0.717) is 5.75 Å². The SMILES string of the molecule is COc1ccc(-c2ccc(Oc3ccc(S(=O)(=O)c4ccc(C)c(C(F)(F)C(F)(F)S(=O)(=O)O)c4)cc3)cc2)cc1. The average molecular weight is 611 g/mol. The van der Waals surface area contributed by atoms with Crippen LogP contribution in [0.3, 0.4) is 0 Å². The molecule has 0 spiro atoms. The lowest BCUT2D eigenvalue weighted by Gasteiger charge is -2.25. The molecule has 0 aromatic heterocycles. The largest absolute Gasteiger partial charge is 0.497 e. The number of benzene rings is 4. The molecule has 0 unspecified atom stereocenters. The maximum absolute atomic E-state index is 14.6. The summed E-state index contributed by atoms with van der Waals surface area (Å²) in [5.74, 6) is -4.01. The van der Waals surface area contributed by atoms with E-state index in [9.17, 15) is 34.4 Å². The van der Waals surface area contributed by atoms with Crippen LogP contribution in [0.1, 0.15) is 11.1 Å². The summed E-state index contributed by atoms with van der Waals surface area (Å²) >= 11 is 0. The molecular formula is C28H22F4O7S2. The fraction of sp³-hybridized carbons (Fsp3) is 0.143. The second-order valence-electron chi connectivity index (χ2n) is 8.87. The first-order valence-electron chi connectivity index (χ1n) is 11.7. The molecule has 4 aromatic rings. The van der Waals surface area contributed by atoms with Gasteiger partial charge in [0.15, 0.2) is 0 Å². The smallest absolute Gasteiger partial charge is 0.436 e. The van der Waals surface area contributed by atoms with Crippen LogP contribution >= 0.6 is 0 Å². The van der Waals surface area contributed by atoms with Gasteiger partial charge in [-0.3, -0.25) is 4.55 Å². The topological polar surface area (TPSA) is 107 Å². The van der Waals surface area contributed by atoms with Crippen molar-refractivity contribution in [1.82, 2.24) is 0 Å². The molecule has 1 N–H and O–H groups in total. The molecule has 0 saturated carbocycles. The van der Waals surface area contributed by atoms with Crippen LogP contribution in [0.5, 0.6) is 17.2 Å². The van der Waals surface area contributed by atoms with Crippen LogP contribution in [-0.2, 0) is 25.9 Å². The minimum Gasteiger partial charge on any atom is -0.497 e. The predicted octanol–water partition coefficient (Wildman–Crippen LogP) is 6.87. The number of rotatable bonds is 9. The van der Waals surface area contributed by atoms with Crippen molar-refractivity contribution in [1.29, 1.82) is 0 Å². The fourth-order valence-electron chi connectivity index (χ4n) is 3.88. The normalized spacial score (nSPS) is 12.7. The van der Waals surface area contributed by atoms with Crippen molar-refractivity contribution in [3.05, 3.63) is 102 Å². The van der Waals surface area contributed by atoms with E-state index in [2.05, 4.69) is 0 Å². The number of methoxy groups -OCH3 is 1. The molecule has 0 aliphatic carbocycles. The monoisotopic (exact) mass is 610 g/mol. The van der Waals surface area contributed by atoms with Crippen molar-refractivity contribution in [3.8, 4) is 28.4 Å². The molecule has 0 saturated heterocycles. The molecule has 0 atom stereocenters. The van der Waals surface area contributed by atoms with Gasteiger partial charge in [0.25, 0.3) is 0 Å². The molecule has 41 heavy (non-hydrogen) atoms. The Balaban J connectivity index is 1.56. The second-order valence-corrected chi connectivity index (χ2v) is 12.3. The van der Waals surface area contributed by atoms with Crippen molar-refractivity contribution in [2.75, 3.05) is 7.11 Å². The van der Waals surface area contributed by atoms with E-state index in [1.54, 1.807) is 19.2 Å². The van der Waals surface area contributed by atoms with Gasteiger partial charge in [0.1, 0.15) is 17.2 Å². The summed E-state index contributed by atoms with van der Waals surface area (Å²) in [6.45, 7) is 0.968. The summed E-state index contributed by atoms with van der Waals surface area (Å²) in [5.41, 5.74) is -0.220. The van der Waals surface area contributed by atoms with Crippen LogP contribution in [0.15, 0.2) is 101 Å². The molecule has 0 amide bonds. The van der Waals surface area contributed by atoms with E-state index in [4.69, 9.17) is 14.0 Å². The van der Waals surface area contributed by atoms with Crippen molar-refractivity contribution >= 4 is 20.0 Å². The maximum Gasteiger partial charge on any atom is 0.436 e. The van der Waals surface area contributed by atoms with E-state index in [1.165, 1.54) is 12.1 Å². The third-order valence-electron chi connectivity index (χ3n) is 6.19. The van der Waals surface area contributed by atoms with E-state index in [1.807, 2.05) is 36.4 Å². The predicted molar refractivity (Wildman–Crippen MR) is 142 cm³/mol. The second kappa shape index (κ2) is 10.8. The lowest BCUT2D eigenvalue weighted by molar-refractivity contribution is -0.167. The first kappa shape index (κ1) is 30.0. The average Bonchev–Trinajstić information content (AvgIpc) is 2.93. The lowest BCUT2D eigenvalue weighted by Crippen LogP contribution is -2.45. The van der Waals surface area contributed by atoms with Gasteiger partial charge in [0, 0.05) is 5.56 Å². The summed E-state index contributed by atoms with van der Waals surface area (Å²) < 4.78 is 125. The summed E-state index contributed by atoms with van der Waals surface area (Å²) in [7, 11) is -9.46. The molecule has 4 aromatic carbocycles. The molecule has 216 valence electrons. The molecule has 0 bridgehead atoms. The molecule has 13 heteroatoms. The number of alkyl halides is 4. The van der Waals surface area contributed by atoms with Crippen molar-refractivity contribution in [3.63, 3.8) is 0 Å². The van der Waals surface area contributed by atoms with Crippen LogP contribution in [0.25, 0.3) is 11.1 Å². The Kier molecular flexibility index (Phi) is 7.91. The van der Waals surface area contributed by atoms with Gasteiger partial charge in [0.05, 0.1) is 16.9 Å². The van der Waals surface area contributed by atoms with E-state index < -0.39 is 47.2 Å². The summed E-state index contributed by atoms with van der Waals surface area (Å²) in [6.07, 6.45) is 0. The minimum atomic E-state index is -6.53. The van der Waals surface area contributed by atoms with Gasteiger partial charge < -0.3 is 9.47 Å². The van der Waals surface area contributed by atoms with Crippen LogP contribution in [0.2, 0.25) is 0 Å². The highest BCUT2D eigenvalue weighted by atomic mass is 32.2. The van der Waals surface area contributed by atoms with Gasteiger partial charge in [-0.2, -0.15) is 26.0 Å². The van der Waals surface area contributed by atoms with Crippen LogP contribution in [-0.4, -0.2) is 33.8 Å². The lowest BCUT2D eigenvalue weighted by atomic mass is 10.0. The maximum atomic E-state index is 14.6. The fourth-order valence-corrected chi connectivity index (χ4v) is 5.60. The van der Waals surface area contributed by atoms with E-state index in [-0.39, 0.29) is 16.7 Å². The summed E-state index contributed by atoms with van der Waals surface area (Å²) in [6, 6.07) is 21.5. The van der Waals surface area contributed by atoms with Gasteiger partial charge in [-0.05, 0) is 84.3 Å². The van der Waals surface area contributed by atoms with Gasteiger partial charge in [-0.15, -0.1) is 0 Å². The third kappa shape index (κ3) is 5.78. The zero-order valence-electron chi connectivity index (χ0n) is 21.4. The zero-order chi connectivity index (χ0) is 30.2. The van der Waals surface area contributed by atoms with Gasteiger partial charge >= 0.3 is 21.3 Å². The molecule has 7 nitrogen and oxygen atoms in total. The number of sulfone groups is 1. The van der Waals surface area contributed by atoms with E-state index >= 15 is 0 Å². The third-order valence-corrected chi connectivity index (χ3v) is 8.87. The molecule has 0 aliphatic rings. The Labute approximate surface area is 233 Å². The first-order chi connectivity index (χ1) is 19.1. The van der Waals surface area contributed by atoms with Crippen molar-refractivity contribution < 1.29 is 48.4 Å². The molecule has 0 heterocycles. The van der Waals surface area contributed by atoms with Crippen LogP contribution < -0.4 is 9.47 Å². The summed E-state index contributed by atoms with van der Waals surface area (Å²) in [5, 5.41) is -5.90.